The molecule has 13 heavy (non-hydrogen) atoms. The second-order valence-electron chi connectivity index (χ2n) is 2.83. The Morgan fingerprint density at radius 2 is 2.15 bits per heavy atom. The molecule has 1 heterocycles. The molecule has 1 atom stereocenters. The maximum absolute atomic E-state index is 10.4. The van der Waals surface area contributed by atoms with Crippen LogP contribution in [0.2, 0.25) is 0 Å². The third kappa shape index (κ3) is 1.56. The van der Waals surface area contributed by atoms with Gasteiger partial charge in [-0.1, -0.05) is 23.4 Å². The first kappa shape index (κ1) is 7.91. The third-order valence-electron chi connectivity index (χ3n) is 1.88. The first-order valence-electron chi connectivity index (χ1n) is 4.09. The van der Waals surface area contributed by atoms with Gasteiger partial charge in [0, 0.05) is 0 Å². The smallest absolute Gasteiger partial charge is 0.148 e. The van der Waals surface area contributed by atoms with Crippen LogP contribution in [0.25, 0.3) is 0 Å². The van der Waals surface area contributed by atoms with Gasteiger partial charge in [0.05, 0.1) is 12.2 Å². The van der Waals surface area contributed by atoms with Gasteiger partial charge in [-0.15, -0.1) is 0 Å². The van der Waals surface area contributed by atoms with Crippen molar-refractivity contribution in [2.75, 3.05) is 11.6 Å². The van der Waals surface area contributed by atoms with Crippen molar-refractivity contribution in [2.24, 2.45) is 10.3 Å². The summed E-state index contributed by atoms with van der Waals surface area (Å²) in [5, 5.41) is 9.40. The Hall–Kier alpha value is -1.71. The minimum absolute atomic E-state index is 0.305. The van der Waals surface area contributed by atoms with Crippen LogP contribution in [0.1, 0.15) is 0 Å². The van der Waals surface area contributed by atoms with E-state index < -0.39 is 0 Å². The highest BCUT2D eigenvalue weighted by Crippen LogP contribution is 2.18. The average molecular weight is 175 g/mol. The summed E-state index contributed by atoms with van der Waals surface area (Å²) in [7, 11) is 0. The molecule has 0 aliphatic carbocycles. The van der Waals surface area contributed by atoms with Crippen molar-refractivity contribution in [2.45, 2.75) is 6.04 Å². The van der Waals surface area contributed by atoms with Crippen molar-refractivity contribution in [1.29, 1.82) is 0 Å². The molecule has 66 valence electrons. The predicted molar refractivity (Wildman–Crippen MR) is 48.5 cm³/mol. The number of hydrogen-bond donors (Lipinski definition) is 0. The van der Waals surface area contributed by atoms with Crippen LogP contribution in [0.3, 0.4) is 0 Å². The van der Waals surface area contributed by atoms with E-state index in [1.807, 2.05) is 30.3 Å². The van der Waals surface area contributed by atoms with Gasteiger partial charge in [-0.05, 0) is 12.1 Å². The van der Waals surface area contributed by atoms with Crippen LogP contribution in [-0.4, -0.2) is 18.9 Å². The lowest BCUT2D eigenvalue weighted by molar-refractivity contribution is -0.108. The molecule has 1 aromatic carbocycles. The normalized spacial score (nSPS) is 20.6. The Bertz CT molecular complexity index is 323. The van der Waals surface area contributed by atoms with Gasteiger partial charge in [-0.25, -0.2) is 5.01 Å². The molecule has 0 saturated carbocycles. The van der Waals surface area contributed by atoms with Crippen LogP contribution in [0.15, 0.2) is 40.7 Å². The van der Waals surface area contributed by atoms with Crippen molar-refractivity contribution >= 4 is 12.0 Å². The Balaban J connectivity index is 2.14. The van der Waals surface area contributed by atoms with Crippen LogP contribution in [0, 0.1) is 0 Å². The molecule has 0 spiro atoms. The standard InChI is InChI=1S/C9H9N3O/c13-7-8-6-12(11-10-8)9-4-2-1-3-5-9/h1-5,7-8H,6H2. The quantitative estimate of drug-likeness (QED) is 0.638. The van der Waals surface area contributed by atoms with E-state index in [0.717, 1.165) is 12.0 Å². The number of rotatable bonds is 2. The van der Waals surface area contributed by atoms with Crippen LogP contribution in [-0.2, 0) is 4.79 Å². The van der Waals surface area contributed by atoms with E-state index in [1.165, 1.54) is 0 Å². The summed E-state index contributed by atoms with van der Waals surface area (Å²) in [6.07, 6.45) is 0.812. The van der Waals surface area contributed by atoms with Gasteiger partial charge >= 0.3 is 0 Å². The molecule has 1 aliphatic rings. The number of carbonyl (C=O) groups excluding carboxylic acids is 1. The summed E-state index contributed by atoms with van der Waals surface area (Å²) >= 11 is 0. The average Bonchev–Trinajstić information content (AvgIpc) is 2.67. The molecule has 1 aromatic rings. The third-order valence-corrected chi connectivity index (χ3v) is 1.88. The van der Waals surface area contributed by atoms with E-state index in [-0.39, 0.29) is 6.04 Å². The highest BCUT2D eigenvalue weighted by Gasteiger charge is 2.18. The SMILES string of the molecule is O=CC1CN(c2ccccc2)N=N1. The van der Waals surface area contributed by atoms with Gasteiger partial charge in [0.1, 0.15) is 12.3 Å². The molecule has 0 aromatic heterocycles. The summed E-state index contributed by atoms with van der Waals surface area (Å²) in [6.45, 7) is 0.549. The summed E-state index contributed by atoms with van der Waals surface area (Å²) in [5.41, 5.74) is 0.968. The van der Waals surface area contributed by atoms with Gasteiger partial charge < -0.3 is 4.79 Å². The van der Waals surface area contributed by atoms with E-state index in [2.05, 4.69) is 10.3 Å². The number of benzene rings is 1. The molecule has 0 saturated heterocycles. The van der Waals surface area contributed by atoms with Crippen LogP contribution >= 0.6 is 0 Å². The molecule has 0 radical (unpaired) electrons. The monoisotopic (exact) mass is 175 g/mol. The van der Waals surface area contributed by atoms with Crippen molar-refractivity contribution in [3.05, 3.63) is 30.3 Å². The lowest BCUT2D eigenvalue weighted by Gasteiger charge is -2.11. The zero-order valence-electron chi connectivity index (χ0n) is 7.00. The molecule has 4 heteroatoms. The molecular weight excluding hydrogens is 166 g/mol. The van der Waals surface area contributed by atoms with Gasteiger partial charge in [0.25, 0.3) is 0 Å². The zero-order valence-corrected chi connectivity index (χ0v) is 7.00. The Morgan fingerprint density at radius 3 is 2.77 bits per heavy atom. The zero-order chi connectivity index (χ0) is 9.10. The molecular formula is C9H9N3O. The fourth-order valence-corrected chi connectivity index (χ4v) is 1.21. The fraction of sp³-hybridized carbons (Fsp3) is 0.222. The molecule has 0 amide bonds. The molecule has 1 unspecified atom stereocenters. The number of carbonyl (C=O) groups is 1. The van der Waals surface area contributed by atoms with Crippen molar-refractivity contribution in [3.8, 4) is 0 Å². The topological polar surface area (TPSA) is 45.0 Å². The number of para-hydroxylation sites is 1. The molecule has 0 fully saturated rings. The molecule has 2 rings (SSSR count). The lowest BCUT2D eigenvalue weighted by Crippen LogP contribution is -2.20. The highest BCUT2D eigenvalue weighted by atomic mass is 16.1. The molecule has 0 N–H and O–H groups in total. The maximum Gasteiger partial charge on any atom is 0.148 e. The van der Waals surface area contributed by atoms with Crippen LogP contribution < -0.4 is 5.01 Å². The second-order valence-corrected chi connectivity index (χ2v) is 2.83. The Morgan fingerprint density at radius 1 is 1.38 bits per heavy atom. The minimum Gasteiger partial charge on any atom is -0.301 e. The van der Waals surface area contributed by atoms with E-state index in [1.54, 1.807) is 5.01 Å². The Labute approximate surface area is 75.9 Å². The van der Waals surface area contributed by atoms with E-state index >= 15 is 0 Å². The number of hydrogen-bond acceptors (Lipinski definition) is 4. The van der Waals surface area contributed by atoms with Crippen molar-refractivity contribution in [3.63, 3.8) is 0 Å². The summed E-state index contributed by atoms with van der Waals surface area (Å²) in [5.74, 6) is 0. The summed E-state index contributed by atoms with van der Waals surface area (Å²) < 4.78 is 0. The van der Waals surface area contributed by atoms with Crippen LogP contribution in [0.4, 0.5) is 5.69 Å². The van der Waals surface area contributed by atoms with Gasteiger partial charge in [0.2, 0.25) is 0 Å². The summed E-state index contributed by atoms with van der Waals surface area (Å²) in [6, 6.07) is 9.37. The highest BCUT2D eigenvalue weighted by molar-refractivity contribution is 5.61. The molecule has 0 bridgehead atoms. The second kappa shape index (κ2) is 3.35. The van der Waals surface area contributed by atoms with Gasteiger partial charge in [-0.2, -0.15) is 5.11 Å². The number of anilines is 1. The van der Waals surface area contributed by atoms with E-state index in [0.29, 0.717) is 6.54 Å². The first-order chi connectivity index (χ1) is 6.40. The van der Waals surface area contributed by atoms with Gasteiger partial charge in [-0.3, -0.25) is 0 Å². The minimum atomic E-state index is -0.305. The largest absolute Gasteiger partial charge is 0.301 e. The molecule has 1 aliphatic heterocycles. The molecule has 4 nitrogen and oxygen atoms in total. The first-order valence-corrected chi connectivity index (χ1v) is 4.09. The predicted octanol–water partition coefficient (Wildman–Crippen LogP) is 1.44. The lowest BCUT2D eigenvalue weighted by atomic mass is 10.3. The fourth-order valence-electron chi connectivity index (χ4n) is 1.21. The van der Waals surface area contributed by atoms with Crippen molar-refractivity contribution in [1.82, 2.24) is 0 Å². The summed E-state index contributed by atoms with van der Waals surface area (Å²) in [4.78, 5) is 10.4. The Kier molecular flexibility index (Phi) is 2.04. The van der Waals surface area contributed by atoms with Crippen molar-refractivity contribution < 1.29 is 4.79 Å². The number of nitrogens with zero attached hydrogens (tertiary/aromatic N) is 3. The maximum atomic E-state index is 10.4. The van der Waals surface area contributed by atoms with Gasteiger partial charge in [0.15, 0.2) is 0 Å². The number of aldehydes is 1. The van der Waals surface area contributed by atoms with E-state index in [9.17, 15) is 4.79 Å². The van der Waals surface area contributed by atoms with E-state index in [4.69, 9.17) is 0 Å². The van der Waals surface area contributed by atoms with Crippen LogP contribution in [0.5, 0.6) is 0 Å².